The molecule has 7 aromatic rings. The van der Waals surface area contributed by atoms with Crippen molar-refractivity contribution in [2.24, 2.45) is 27.7 Å². The Kier molecular flexibility index (Phi) is 17.7. The summed E-state index contributed by atoms with van der Waals surface area (Å²) in [6.07, 6.45) is 5.83. The summed E-state index contributed by atoms with van der Waals surface area (Å²) in [4.78, 5) is 60.2. The Labute approximate surface area is 423 Å². The van der Waals surface area contributed by atoms with Gasteiger partial charge in [-0.1, -0.05) is 85.4 Å². The number of likely N-dealkylation sites (tertiary alicyclic amines) is 1. The van der Waals surface area contributed by atoms with Gasteiger partial charge in [-0.2, -0.15) is 4.68 Å². The first-order valence-electron chi connectivity index (χ1n) is 23.6. The number of aromatic amines is 1. The summed E-state index contributed by atoms with van der Waals surface area (Å²) < 4.78 is 1.37. The summed E-state index contributed by atoms with van der Waals surface area (Å²) in [5, 5.41) is 27.7. The summed E-state index contributed by atoms with van der Waals surface area (Å²) in [7, 11) is 0. The number of hydrazine groups is 1. The van der Waals surface area contributed by atoms with Crippen molar-refractivity contribution in [1.29, 1.82) is 0 Å². The number of nitrogens with two attached hydrogens (primary N) is 3. The number of thioether (sulfide) groups is 1. The minimum absolute atomic E-state index is 0.0248. The van der Waals surface area contributed by atoms with E-state index < -0.39 is 0 Å². The Morgan fingerprint density at radius 1 is 0.915 bits per heavy atom. The number of thiazole rings is 2. The summed E-state index contributed by atoms with van der Waals surface area (Å²) in [6, 6.07) is 25.0. The van der Waals surface area contributed by atoms with E-state index in [0.717, 1.165) is 67.6 Å². The van der Waals surface area contributed by atoms with Crippen molar-refractivity contribution >= 4 is 74.4 Å². The van der Waals surface area contributed by atoms with E-state index in [0.29, 0.717) is 89.0 Å². The fraction of sp³-hybridized carbons (Fsp3) is 0.327. The van der Waals surface area contributed by atoms with Crippen LogP contribution >= 0.6 is 34.4 Å². The molecule has 0 atom stereocenters. The molecule has 3 aromatic carbocycles. The smallest absolute Gasteiger partial charge is 0.301 e. The fourth-order valence-electron chi connectivity index (χ4n) is 7.93. The quantitative estimate of drug-likeness (QED) is 0.00839. The Hall–Kier alpha value is -6.82. The van der Waals surface area contributed by atoms with Crippen LogP contribution in [0, 0.1) is 5.92 Å². The molecule has 71 heavy (non-hydrogen) atoms. The molecule has 0 aliphatic carbocycles. The summed E-state index contributed by atoms with van der Waals surface area (Å²) >= 11 is 4.19. The highest BCUT2D eigenvalue weighted by Crippen LogP contribution is 2.32. The van der Waals surface area contributed by atoms with Gasteiger partial charge < -0.3 is 32.3 Å². The number of aryl methyl sites for hydroxylation is 1. The number of benzene rings is 3. The minimum Gasteiger partial charge on any atom is -0.393 e. The van der Waals surface area contributed by atoms with E-state index in [1.54, 1.807) is 40.5 Å². The van der Waals surface area contributed by atoms with Gasteiger partial charge >= 0.3 is 5.56 Å². The van der Waals surface area contributed by atoms with Gasteiger partial charge in [0.1, 0.15) is 5.69 Å². The minimum atomic E-state index is -0.388. The van der Waals surface area contributed by atoms with Gasteiger partial charge in [0.25, 0.3) is 5.91 Å². The number of azo groups is 1. The zero-order valence-electron chi connectivity index (χ0n) is 39.4. The lowest BCUT2D eigenvalue weighted by molar-refractivity contribution is -0.126. The Morgan fingerprint density at radius 2 is 1.69 bits per heavy atom. The van der Waals surface area contributed by atoms with Crippen LogP contribution < -0.4 is 43.8 Å². The first-order valence-corrected chi connectivity index (χ1v) is 26.3. The number of rotatable bonds is 23. The third-order valence-electron chi connectivity index (χ3n) is 11.7. The number of amides is 2. The Morgan fingerprint density at radius 3 is 2.42 bits per heavy atom. The van der Waals surface area contributed by atoms with Crippen LogP contribution in [0.25, 0.3) is 27.6 Å². The van der Waals surface area contributed by atoms with Crippen LogP contribution in [-0.2, 0) is 17.8 Å². The molecule has 22 heteroatoms. The maximum Gasteiger partial charge on any atom is 0.301 e. The molecule has 0 saturated carbocycles. The molecule has 5 heterocycles. The number of nitrogens with one attached hydrogen (secondary N) is 4. The van der Waals surface area contributed by atoms with Crippen LogP contribution in [0.2, 0.25) is 0 Å². The lowest BCUT2D eigenvalue weighted by Crippen LogP contribution is -2.43. The van der Waals surface area contributed by atoms with Crippen molar-refractivity contribution in [3.05, 3.63) is 123 Å². The topological polar surface area (TPSA) is 269 Å². The number of aromatic nitrogens is 6. The van der Waals surface area contributed by atoms with Gasteiger partial charge in [0.2, 0.25) is 16.2 Å². The second kappa shape index (κ2) is 24.8. The van der Waals surface area contributed by atoms with Crippen LogP contribution in [0.5, 0.6) is 0 Å². The maximum atomic E-state index is 13.6. The van der Waals surface area contributed by atoms with E-state index in [1.165, 1.54) is 32.9 Å². The van der Waals surface area contributed by atoms with Crippen LogP contribution in [0.1, 0.15) is 54.1 Å². The molecule has 8 rings (SSSR count). The largest absolute Gasteiger partial charge is 0.393 e. The fourth-order valence-corrected chi connectivity index (χ4v) is 9.87. The summed E-state index contributed by atoms with van der Waals surface area (Å²) in [6.45, 7) is 6.87. The number of nitrogens with zero attached hydrogens (tertiary/aromatic N) is 9. The summed E-state index contributed by atoms with van der Waals surface area (Å²) in [5.74, 6) is 8.29. The van der Waals surface area contributed by atoms with Crippen LogP contribution in [-0.4, -0.2) is 98.0 Å². The first-order chi connectivity index (χ1) is 34.7. The van der Waals surface area contributed by atoms with Crippen molar-refractivity contribution in [1.82, 2.24) is 45.2 Å². The number of hydrogen-bond acceptors (Lipinski definition) is 18. The molecule has 1 fully saturated rings. The van der Waals surface area contributed by atoms with Crippen molar-refractivity contribution in [3.8, 4) is 27.6 Å². The van der Waals surface area contributed by atoms with E-state index in [1.807, 2.05) is 47.8 Å². The van der Waals surface area contributed by atoms with Gasteiger partial charge in [0.05, 0.1) is 17.9 Å². The highest BCUT2D eigenvalue weighted by molar-refractivity contribution is 7.99. The standard InChI is InChI=1S/C49H58N16O3S3/c1-2-28-69-48-58-42(53-22-20-50)39(51)43(59-48)64(52)30-33-12-10-32(11-13-33)7-6-21-54-45(67)37-18-25-63(26-19-37)27-23-55-44(66)36-16-14-34(15-17-36)38-31-71-49(57-38)65-46(68)41(60-61-47-56-24-29-70-47)40(62-65)35-8-4-3-5-9-35/h3-5,8-17,24,29,31,37,62H,2,6-7,18-23,25-28,30,50-52H2,1H3,(H,54,67)(H,55,66)(H,53,58,59). The van der Waals surface area contributed by atoms with Crippen molar-refractivity contribution in [3.63, 3.8) is 0 Å². The molecule has 19 nitrogen and oxygen atoms in total. The van der Waals surface area contributed by atoms with Crippen molar-refractivity contribution < 1.29 is 9.59 Å². The monoisotopic (exact) mass is 1010 g/mol. The molecule has 370 valence electrons. The number of carbonyl (C=O) groups excluding carboxylic acids is 2. The predicted octanol–water partition coefficient (Wildman–Crippen LogP) is 7.14. The number of hydrogen-bond donors (Lipinski definition) is 7. The molecule has 0 radical (unpaired) electrons. The van der Waals surface area contributed by atoms with Gasteiger partial charge in [-0.3, -0.25) is 24.5 Å². The SMILES string of the molecule is CCCSc1nc(NCCN)c(N)c(N(N)Cc2ccc(CCCNC(=O)C3CCN(CCNC(=O)c4ccc(-c5csc(-n6[nH]c(-c7ccccc7)c(N=Nc7nccs7)c6=O)n5)cc4)CC3)cc2)n1. The van der Waals surface area contributed by atoms with Crippen molar-refractivity contribution in [2.75, 3.05) is 67.6 Å². The Bertz CT molecular complexity index is 2920. The predicted molar refractivity (Wildman–Crippen MR) is 284 cm³/mol. The molecule has 4 aromatic heterocycles. The zero-order chi connectivity index (χ0) is 49.5. The van der Waals surface area contributed by atoms with Gasteiger partial charge in [0.15, 0.2) is 22.5 Å². The lowest BCUT2D eigenvalue weighted by atomic mass is 9.96. The molecule has 1 saturated heterocycles. The van der Waals surface area contributed by atoms with E-state index in [4.69, 9.17) is 22.3 Å². The normalized spacial score (nSPS) is 13.2. The van der Waals surface area contributed by atoms with Gasteiger partial charge in [-0.05, 0) is 68.5 Å². The van der Waals surface area contributed by atoms with Crippen LogP contribution in [0.3, 0.4) is 0 Å². The van der Waals surface area contributed by atoms with Gasteiger partial charge in [-0.15, -0.1) is 32.9 Å². The lowest BCUT2D eigenvalue weighted by Gasteiger charge is -2.31. The average molecular weight is 1020 g/mol. The van der Waals surface area contributed by atoms with E-state index >= 15 is 0 Å². The van der Waals surface area contributed by atoms with E-state index in [9.17, 15) is 14.4 Å². The molecule has 0 bridgehead atoms. The first kappa shape index (κ1) is 50.6. The molecule has 1 aliphatic rings. The second-order valence-electron chi connectivity index (χ2n) is 16.8. The third kappa shape index (κ3) is 13.3. The molecular formula is C49H58N16O3S3. The number of anilines is 3. The van der Waals surface area contributed by atoms with Crippen LogP contribution in [0.15, 0.2) is 116 Å². The van der Waals surface area contributed by atoms with Crippen molar-refractivity contribution in [2.45, 2.75) is 50.7 Å². The van der Waals surface area contributed by atoms with Gasteiger partial charge in [-0.25, -0.2) is 25.8 Å². The number of nitrogen functional groups attached to an aromatic ring is 1. The maximum absolute atomic E-state index is 13.6. The molecular weight excluding hydrogens is 957 g/mol. The Balaban J connectivity index is 0.739. The molecule has 0 unspecified atom stereocenters. The van der Waals surface area contributed by atoms with E-state index in [2.05, 4.69) is 82.3 Å². The molecule has 2 amide bonds. The zero-order valence-corrected chi connectivity index (χ0v) is 41.9. The second-order valence-corrected chi connectivity index (χ2v) is 19.6. The van der Waals surface area contributed by atoms with Crippen LogP contribution in [0.4, 0.5) is 28.1 Å². The average Bonchev–Trinajstić information content (AvgIpc) is 4.18. The number of piperidine rings is 1. The van der Waals surface area contributed by atoms with E-state index in [-0.39, 0.29) is 29.0 Å². The number of H-pyrrole nitrogens is 1. The summed E-state index contributed by atoms with van der Waals surface area (Å²) in [5.41, 5.74) is 17.8. The molecule has 10 N–H and O–H groups in total. The number of carbonyl (C=O) groups is 2. The molecule has 1 aliphatic heterocycles. The molecule has 0 spiro atoms. The van der Waals surface area contributed by atoms with Gasteiger partial charge in [0, 0.05) is 78.0 Å². The highest BCUT2D eigenvalue weighted by Gasteiger charge is 2.25. The highest BCUT2D eigenvalue weighted by atomic mass is 32.2. The third-order valence-corrected chi connectivity index (χ3v) is 14.3.